The number of halogens is 2. The van der Waals surface area contributed by atoms with Crippen molar-refractivity contribution in [1.29, 1.82) is 0 Å². The fourth-order valence-electron chi connectivity index (χ4n) is 2.76. The van der Waals surface area contributed by atoms with Crippen LogP contribution in [-0.4, -0.2) is 30.6 Å². The standard InChI is InChI=1S/C19H21ClFNO2/c1-2-8-22-11-17(12-22)24-19-10-16(21)6-7-18(19)23-13-14-4-3-5-15(20)9-14/h3-7,9-10,17H,2,8,11-13H2,1H3. The molecule has 5 heteroatoms. The molecule has 1 aliphatic heterocycles. The van der Waals surface area contributed by atoms with Gasteiger partial charge in [-0.05, 0) is 42.8 Å². The van der Waals surface area contributed by atoms with Gasteiger partial charge >= 0.3 is 0 Å². The highest BCUT2D eigenvalue weighted by Gasteiger charge is 2.28. The molecule has 1 aliphatic rings. The smallest absolute Gasteiger partial charge is 0.164 e. The Labute approximate surface area is 146 Å². The van der Waals surface area contributed by atoms with Gasteiger partial charge in [-0.2, -0.15) is 0 Å². The summed E-state index contributed by atoms with van der Waals surface area (Å²) in [6, 6.07) is 11.8. The zero-order valence-corrected chi connectivity index (χ0v) is 14.4. The Morgan fingerprint density at radius 2 is 2.00 bits per heavy atom. The van der Waals surface area contributed by atoms with Crippen LogP contribution < -0.4 is 9.47 Å². The maximum absolute atomic E-state index is 13.6. The van der Waals surface area contributed by atoms with E-state index in [2.05, 4.69) is 11.8 Å². The molecule has 0 N–H and O–H groups in total. The van der Waals surface area contributed by atoms with Crippen LogP contribution >= 0.6 is 11.6 Å². The molecule has 0 bridgehead atoms. The molecule has 0 spiro atoms. The number of nitrogens with zero attached hydrogens (tertiary/aromatic N) is 1. The first-order valence-corrected chi connectivity index (χ1v) is 8.57. The highest BCUT2D eigenvalue weighted by atomic mass is 35.5. The number of hydrogen-bond acceptors (Lipinski definition) is 3. The van der Waals surface area contributed by atoms with Crippen LogP contribution in [0.15, 0.2) is 42.5 Å². The molecule has 128 valence electrons. The van der Waals surface area contributed by atoms with Crippen molar-refractivity contribution in [2.45, 2.75) is 26.1 Å². The molecule has 0 aromatic heterocycles. The van der Waals surface area contributed by atoms with E-state index in [0.29, 0.717) is 23.1 Å². The molecule has 1 saturated heterocycles. The third kappa shape index (κ3) is 4.40. The molecule has 3 nitrogen and oxygen atoms in total. The van der Waals surface area contributed by atoms with Gasteiger partial charge in [0.2, 0.25) is 0 Å². The Bertz CT molecular complexity index is 689. The summed E-state index contributed by atoms with van der Waals surface area (Å²) < 4.78 is 25.3. The van der Waals surface area contributed by atoms with Crippen LogP contribution in [0, 0.1) is 5.82 Å². The zero-order valence-electron chi connectivity index (χ0n) is 13.7. The molecule has 0 saturated carbocycles. The lowest BCUT2D eigenvalue weighted by Gasteiger charge is -2.39. The number of hydrogen-bond donors (Lipinski definition) is 0. The molecule has 1 fully saturated rings. The Kier molecular flexibility index (Phi) is 5.59. The van der Waals surface area contributed by atoms with Gasteiger partial charge in [-0.25, -0.2) is 4.39 Å². The average molecular weight is 350 g/mol. The van der Waals surface area contributed by atoms with Gasteiger partial charge in [-0.1, -0.05) is 30.7 Å². The average Bonchev–Trinajstić information content (AvgIpc) is 2.52. The third-order valence-corrected chi connectivity index (χ3v) is 4.18. The maximum atomic E-state index is 13.6. The lowest BCUT2D eigenvalue weighted by atomic mass is 10.1. The molecule has 0 radical (unpaired) electrons. The van der Waals surface area contributed by atoms with Crippen LogP contribution in [0.4, 0.5) is 4.39 Å². The maximum Gasteiger partial charge on any atom is 0.164 e. The summed E-state index contributed by atoms with van der Waals surface area (Å²) in [6.07, 6.45) is 1.22. The Morgan fingerprint density at radius 3 is 2.75 bits per heavy atom. The summed E-state index contributed by atoms with van der Waals surface area (Å²) >= 11 is 5.98. The quantitative estimate of drug-likeness (QED) is 0.733. The SMILES string of the molecule is CCCN1CC(Oc2cc(F)ccc2OCc2cccc(Cl)c2)C1. The normalized spacial score (nSPS) is 15.1. The Morgan fingerprint density at radius 1 is 1.17 bits per heavy atom. The molecule has 0 atom stereocenters. The van der Waals surface area contributed by atoms with Crippen molar-refractivity contribution in [1.82, 2.24) is 4.90 Å². The molecule has 0 amide bonds. The number of rotatable bonds is 7. The fourth-order valence-corrected chi connectivity index (χ4v) is 2.97. The molecule has 1 heterocycles. The number of benzene rings is 2. The summed E-state index contributed by atoms with van der Waals surface area (Å²) in [6.45, 7) is 5.33. The molecular formula is C19H21ClFNO2. The fraction of sp³-hybridized carbons (Fsp3) is 0.368. The van der Waals surface area contributed by atoms with E-state index in [4.69, 9.17) is 21.1 Å². The minimum absolute atomic E-state index is 0.0897. The lowest BCUT2D eigenvalue weighted by Crippen LogP contribution is -2.53. The van der Waals surface area contributed by atoms with Crippen LogP contribution in [0.25, 0.3) is 0 Å². The Balaban J connectivity index is 1.63. The molecule has 24 heavy (non-hydrogen) atoms. The van der Waals surface area contributed by atoms with Gasteiger partial charge in [0.25, 0.3) is 0 Å². The topological polar surface area (TPSA) is 21.7 Å². The van der Waals surface area contributed by atoms with E-state index < -0.39 is 0 Å². The van der Waals surface area contributed by atoms with Crippen molar-refractivity contribution in [3.63, 3.8) is 0 Å². The van der Waals surface area contributed by atoms with E-state index in [1.807, 2.05) is 24.3 Å². The number of likely N-dealkylation sites (tertiary alicyclic amines) is 1. The van der Waals surface area contributed by atoms with E-state index in [0.717, 1.165) is 31.6 Å². The molecule has 2 aromatic carbocycles. The van der Waals surface area contributed by atoms with Crippen LogP contribution in [0.3, 0.4) is 0 Å². The van der Waals surface area contributed by atoms with E-state index >= 15 is 0 Å². The van der Waals surface area contributed by atoms with Crippen molar-refractivity contribution in [2.75, 3.05) is 19.6 Å². The van der Waals surface area contributed by atoms with Gasteiger partial charge in [0.15, 0.2) is 11.5 Å². The zero-order chi connectivity index (χ0) is 16.9. The summed E-state index contributed by atoms with van der Waals surface area (Å²) in [5.74, 6) is 0.674. The summed E-state index contributed by atoms with van der Waals surface area (Å²) in [4.78, 5) is 2.32. The first kappa shape index (κ1) is 17.1. The van der Waals surface area contributed by atoms with Crippen molar-refractivity contribution in [2.24, 2.45) is 0 Å². The second-order valence-corrected chi connectivity index (χ2v) is 6.45. The van der Waals surface area contributed by atoms with Crippen LogP contribution in [-0.2, 0) is 6.61 Å². The minimum atomic E-state index is -0.329. The van der Waals surface area contributed by atoms with Gasteiger partial charge in [0.05, 0.1) is 0 Å². The highest BCUT2D eigenvalue weighted by molar-refractivity contribution is 6.30. The van der Waals surface area contributed by atoms with Crippen LogP contribution in [0.5, 0.6) is 11.5 Å². The van der Waals surface area contributed by atoms with Gasteiger partial charge in [0, 0.05) is 24.2 Å². The predicted octanol–water partition coefficient (Wildman–Crippen LogP) is 4.53. The highest BCUT2D eigenvalue weighted by Crippen LogP contribution is 2.31. The predicted molar refractivity (Wildman–Crippen MR) is 93.3 cm³/mol. The second-order valence-electron chi connectivity index (χ2n) is 6.01. The minimum Gasteiger partial charge on any atom is -0.485 e. The van der Waals surface area contributed by atoms with Crippen LogP contribution in [0.2, 0.25) is 5.02 Å². The van der Waals surface area contributed by atoms with Crippen molar-refractivity contribution < 1.29 is 13.9 Å². The molecule has 3 rings (SSSR count). The van der Waals surface area contributed by atoms with Gasteiger partial charge < -0.3 is 9.47 Å². The number of ether oxygens (including phenoxy) is 2. The van der Waals surface area contributed by atoms with E-state index in [1.54, 1.807) is 6.07 Å². The van der Waals surface area contributed by atoms with Gasteiger partial charge in [0.1, 0.15) is 18.5 Å². The monoisotopic (exact) mass is 349 g/mol. The largest absolute Gasteiger partial charge is 0.485 e. The summed E-state index contributed by atoms with van der Waals surface area (Å²) in [5.41, 5.74) is 0.954. The van der Waals surface area contributed by atoms with Crippen molar-refractivity contribution in [3.8, 4) is 11.5 Å². The van der Waals surface area contributed by atoms with Crippen LogP contribution in [0.1, 0.15) is 18.9 Å². The first-order chi connectivity index (χ1) is 11.6. The molecule has 2 aromatic rings. The van der Waals surface area contributed by atoms with Crippen molar-refractivity contribution in [3.05, 3.63) is 58.9 Å². The van der Waals surface area contributed by atoms with E-state index in [9.17, 15) is 4.39 Å². The second kappa shape index (κ2) is 7.86. The van der Waals surface area contributed by atoms with Gasteiger partial charge in [-0.15, -0.1) is 0 Å². The molecular weight excluding hydrogens is 329 g/mol. The van der Waals surface area contributed by atoms with E-state index in [-0.39, 0.29) is 11.9 Å². The van der Waals surface area contributed by atoms with Crippen molar-refractivity contribution >= 4 is 11.6 Å². The summed E-state index contributed by atoms with van der Waals surface area (Å²) in [7, 11) is 0. The lowest BCUT2D eigenvalue weighted by molar-refractivity contribution is 0.0180. The molecule has 0 unspecified atom stereocenters. The summed E-state index contributed by atoms with van der Waals surface area (Å²) in [5, 5.41) is 0.664. The third-order valence-electron chi connectivity index (χ3n) is 3.95. The Hall–Kier alpha value is -1.78. The first-order valence-electron chi connectivity index (χ1n) is 8.20. The molecule has 0 aliphatic carbocycles. The van der Waals surface area contributed by atoms with E-state index in [1.165, 1.54) is 12.1 Å². The van der Waals surface area contributed by atoms with Gasteiger partial charge in [-0.3, -0.25) is 4.90 Å².